The zero-order valence-corrected chi connectivity index (χ0v) is 57.3. The van der Waals surface area contributed by atoms with Crippen LogP contribution in [0.4, 0.5) is 56.9 Å². The third-order valence-corrected chi connectivity index (χ3v) is 24.0. The van der Waals surface area contributed by atoms with Gasteiger partial charge in [-0.05, 0) is 201 Å². The van der Waals surface area contributed by atoms with Crippen LogP contribution < -0.4 is 36.0 Å². The molecule has 0 aromatic heterocycles. The summed E-state index contributed by atoms with van der Waals surface area (Å²) in [4.78, 5) is 11.1. The molecule has 4 heterocycles. The molecule has 0 amide bonds. The molecule has 2 aliphatic carbocycles. The molecule has 0 N–H and O–H groups in total. The number of nitrogens with zero attached hydrogens (tertiary/aromatic N) is 4. The fourth-order valence-electron chi connectivity index (χ4n) is 18.3. The van der Waals surface area contributed by atoms with Gasteiger partial charge in [0.15, 0.2) is 0 Å². The van der Waals surface area contributed by atoms with Crippen LogP contribution >= 0.6 is 0 Å². The molecule has 2 fully saturated rings. The Morgan fingerprint density at radius 3 is 1.32 bits per heavy atom. The monoisotopic (exact) mass is 1210 g/mol. The topological polar surface area (TPSA) is 13.0 Å². The van der Waals surface area contributed by atoms with Crippen molar-refractivity contribution >= 4 is 80.0 Å². The highest BCUT2D eigenvalue weighted by molar-refractivity contribution is 7.00. The molecule has 4 aliphatic heterocycles. The summed E-state index contributed by atoms with van der Waals surface area (Å²) in [6.07, 6.45) is 9.41. The molecule has 6 aliphatic rings. The van der Waals surface area contributed by atoms with Crippen LogP contribution in [0.15, 0.2) is 218 Å². The van der Waals surface area contributed by atoms with Gasteiger partial charge in [-0.15, -0.1) is 0 Å². The molecular formula is C88H91BN4. The molecule has 0 bridgehead atoms. The molecule has 4 nitrogen and oxygen atoms in total. The lowest BCUT2D eigenvalue weighted by atomic mass is 9.33. The summed E-state index contributed by atoms with van der Waals surface area (Å²) in [7, 11) is 0. The predicted molar refractivity (Wildman–Crippen MR) is 398 cm³/mol. The van der Waals surface area contributed by atoms with Crippen LogP contribution in [0.3, 0.4) is 0 Å². The predicted octanol–water partition coefficient (Wildman–Crippen LogP) is 22.1. The summed E-state index contributed by atoms with van der Waals surface area (Å²) in [5.74, 6) is 0. The average Bonchev–Trinajstić information content (AvgIpc) is 1.68. The van der Waals surface area contributed by atoms with Crippen molar-refractivity contribution in [1.82, 2.24) is 0 Å². The maximum Gasteiger partial charge on any atom is 0.252 e. The summed E-state index contributed by atoms with van der Waals surface area (Å²) in [6.45, 7) is 31.6. The lowest BCUT2D eigenvalue weighted by molar-refractivity contribution is 0.195. The number of anilines is 10. The van der Waals surface area contributed by atoms with E-state index < -0.39 is 0 Å². The number of fused-ring (bicyclic) bond motifs is 10. The second kappa shape index (κ2) is 21.0. The smallest absolute Gasteiger partial charge is 0.252 e. The molecule has 10 aromatic rings. The van der Waals surface area contributed by atoms with Crippen molar-refractivity contribution in [2.45, 2.75) is 180 Å². The second-order valence-electron chi connectivity index (χ2n) is 32.4. The number of hydrogen-bond acceptors (Lipinski definition) is 4. The van der Waals surface area contributed by atoms with E-state index in [1.165, 1.54) is 161 Å². The Morgan fingerprint density at radius 2 is 0.774 bits per heavy atom. The summed E-state index contributed by atoms with van der Waals surface area (Å²) in [6, 6.07) is 85.7. The molecule has 10 aromatic carbocycles. The Bertz CT molecular complexity index is 4620. The minimum absolute atomic E-state index is 0.00412. The highest BCUT2D eigenvalue weighted by atomic mass is 15.3. The molecule has 466 valence electrons. The van der Waals surface area contributed by atoms with Gasteiger partial charge < -0.3 is 19.6 Å². The molecule has 0 radical (unpaired) electrons. The van der Waals surface area contributed by atoms with E-state index in [9.17, 15) is 0 Å². The summed E-state index contributed by atoms with van der Waals surface area (Å²) < 4.78 is 0. The fraction of sp³-hybridized carbons (Fsp3) is 0.318. The molecule has 5 heteroatoms. The average molecular weight is 1220 g/mol. The van der Waals surface area contributed by atoms with E-state index >= 15 is 0 Å². The lowest BCUT2D eigenvalue weighted by Crippen LogP contribution is -2.62. The molecule has 2 saturated carbocycles. The van der Waals surface area contributed by atoms with Crippen molar-refractivity contribution in [1.29, 1.82) is 0 Å². The molecule has 93 heavy (non-hydrogen) atoms. The van der Waals surface area contributed by atoms with Crippen LogP contribution in [0.2, 0.25) is 0 Å². The lowest BCUT2D eigenvalue weighted by Gasteiger charge is -2.51. The quantitative estimate of drug-likeness (QED) is 0.147. The Balaban J connectivity index is 1.04. The van der Waals surface area contributed by atoms with E-state index in [-0.39, 0.29) is 44.9 Å². The number of benzene rings is 10. The first-order chi connectivity index (χ1) is 44.5. The van der Waals surface area contributed by atoms with Gasteiger partial charge in [0.2, 0.25) is 0 Å². The van der Waals surface area contributed by atoms with E-state index in [2.05, 4.69) is 328 Å². The SMILES string of the molecule is CC(C)(C)c1ccc(N2c3ccc(N4c5ccc(C(C)(C)C)cc5C5(C)CCCCC45C)cc3B3c4ccc(-c5ccccc5)cc4N(c4cccc(-c5ccccc5)c4)c4cc(N5c6ccc(C(C)(C)C)cc6C6(C)CCCCC56C)cc2c43)c(-c2ccccc2)c1. The molecule has 4 atom stereocenters. The zero-order chi connectivity index (χ0) is 64.4. The Kier molecular flexibility index (Phi) is 13.4. The zero-order valence-electron chi connectivity index (χ0n) is 57.3. The molecule has 0 spiro atoms. The fourth-order valence-corrected chi connectivity index (χ4v) is 18.3. The molecule has 16 rings (SSSR count). The first-order valence-electron chi connectivity index (χ1n) is 34.9. The largest absolute Gasteiger partial charge is 0.334 e. The van der Waals surface area contributed by atoms with Crippen LogP contribution in [0.1, 0.15) is 169 Å². The van der Waals surface area contributed by atoms with Gasteiger partial charge in [0.1, 0.15) is 0 Å². The first kappa shape index (κ1) is 59.5. The summed E-state index contributed by atoms with van der Waals surface area (Å²) in [5.41, 5.74) is 30.2. The van der Waals surface area contributed by atoms with E-state index in [4.69, 9.17) is 0 Å². The Hall–Kier alpha value is -8.54. The minimum Gasteiger partial charge on any atom is -0.334 e. The van der Waals surface area contributed by atoms with Crippen LogP contribution in [0, 0.1) is 0 Å². The van der Waals surface area contributed by atoms with E-state index in [0.29, 0.717) is 0 Å². The van der Waals surface area contributed by atoms with Gasteiger partial charge in [-0.3, -0.25) is 0 Å². The first-order valence-corrected chi connectivity index (χ1v) is 34.9. The molecular weight excluding hydrogens is 1120 g/mol. The van der Waals surface area contributed by atoms with Gasteiger partial charge in [-0.2, -0.15) is 0 Å². The van der Waals surface area contributed by atoms with Crippen molar-refractivity contribution in [2.24, 2.45) is 0 Å². The second-order valence-corrected chi connectivity index (χ2v) is 32.4. The van der Waals surface area contributed by atoms with Gasteiger partial charge in [0.25, 0.3) is 6.71 Å². The van der Waals surface area contributed by atoms with Crippen LogP contribution in [0.5, 0.6) is 0 Å². The normalized spacial score (nSPS) is 22.0. The minimum atomic E-state index is -0.213. The van der Waals surface area contributed by atoms with Gasteiger partial charge >= 0.3 is 0 Å². The van der Waals surface area contributed by atoms with Crippen molar-refractivity contribution in [3.8, 4) is 33.4 Å². The van der Waals surface area contributed by atoms with Crippen molar-refractivity contribution in [2.75, 3.05) is 19.6 Å². The van der Waals surface area contributed by atoms with E-state index in [0.717, 1.165) is 24.9 Å². The van der Waals surface area contributed by atoms with Crippen molar-refractivity contribution < 1.29 is 0 Å². The van der Waals surface area contributed by atoms with Crippen molar-refractivity contribution in [3.63, 3.8) is 0 Å². The number of hydrogen-bond donors (Lipinski definition) is 0. The Morgan fingerprint density at radius 1 is 0.312 bits per heavy atom. The standard InChI is InChI=1S/C88H91BN4/c1-82(2,3)63-37-42-74(69(52-63)60-32-21-16-22-33-60)91-77-45-40-67(92-75-43-38-64(83(4,5)6)53-70(75)85(10)46-23-25-48-87(85,92)12)55-73(77)89-72-41-36-62(59-30-19-15-20-31-59)51-78(72)90(66-35-27-34-61(50-66)58-28-17-14-18-29-58)79-56-68(57-80(91)81(79)89)93-76-44-39-65(84(7,8)9)54-71(76)86(11)47-24-26-49-88(86,93)13/h14-22,27-45,50-57H,23-26,46-49H2,1-13H3. The third-order valence-electron chi connectivity index (χ3n) is 24.0. The maximum absolute atomic E-state index is 2.85. The van der Waals surface area contributed by atoms with Crippen LogP contribution in [0.25, 0.3) is 33.4 Å². The van der Waals surface area contributed by atoms with Gasteiger partial charge in [0.05, 0.1) is 16.8 Å². The molecule has 4 unspecified atom stereocenters. The molecule has 0 saturated heterocycles. The summed E-state index contributed by atoms with van der Waals surface area (Å²) in [5, 5.41) is 0. The Labute approximate surface area is 555 Å². The van der Waals surface area contributed by atoms with E-state index in [1.54, 1.807) is 0 Å². The van der Waals surface area contributed by atoms with Crippen LogP contribution in [-0.2, 0) is 27.1 Å². The van der Waals surface area contributed by atoms with Gasteiger partial charge in [0, 0.05) is 67.6 Å². The number of rotatable bonds is 7. The van der Waals surface area contributed by atoms with Crippen LogP contribution in [-0.4, -0.2) is 17.8 Å². The van der Waals surface area contributed by atoms with E-state index in [1.807, 2.05) is 0 Å². The highest BCUT2D eigenvalue weighted by Gasteiger charge is 2.60. The summed E-state index contributed by atoms with van der Waals surface area (Å²) >= 11 is 0. The third kappa shape index (κ3) is 8.97. The maximum atomic E-state index is 2.85. The highest BCUT2D eigenvalue weighted by Crippen LogP contribution is 2.64. The van der Waals surface area contributed by atoms with Crippen molar-refractivity contribution in [3.05, 3.63) is 246 Å². The van der Waals surface area contributed by atoms with Gasteiger partial charge in [-0.25, -0.2) is 0 Å². The van der Waals surface area contributed by atoms with Gasteiger partial charge in [-0.1, -0.05) is 247 Å².